The average Bonchev–Trinajstić information content (AvgIpc) is 3.21. The highest BCUT2D eigenvalue weighted by atomic mass is 16.4. The lowest BCUT2D eigenvalue weighted by Crippen LogP contribution is -2.55. The number of para-hydroxylation sites is 1. The topological polar surface area (TPSA) is 111 Å². The lowest BCUT2D eigenvalue weighted by atomic mass is 9.69. The lowest BCUT2D eigenvalue weighted by Gasteiger charge is -2.45. The van der Waals surface area contributed by atoms with Crippen molar-refractivity contribution >= 4 is 22.9 Å². The van der Waals surface area contributed by atoms with Crippen molar-refractivity contribution in [3.05, 3.63) is 30.0 Å². The van der Waals surface area contributed by atoms with Gasteiger partial charge < -0.3 is 10.4 Å². The molecule has 2 atom stereocenters. The number of amides is 2. The summed E-state index contributed by atoms with van der Waals surface area (Å²) in [4.78, 5) is 26.4. The van der Waals surface area contributed by atoms with Crippen LogP contribution in [0.25, 0.3) is 10.9 Å². The predicted molar refractivity (Wildman–Crippen MR) is 113 cm³/mol. The van der Waals surface area contributed by atoms with Gasteiger partial charge in [-0.3, -0.25) is 14.4 Å². The number of benzene rings is 1. The Morgan fingerprint density at radius 1 is 1.37 bits per heavy atom. The molecule has 0 unspecified atom stereocenters. The van der Waals surface area contributed by atoms with Gasteiger partial charge in [0.05, 0.1) is 23.5 Å². The first-order valence-corrected chi connectivity index (χ1v) is 10.2. The van der Waals surface area contributed by atoms with Crippen molar-refractivity contribution in [2.45, 2.75) is 65.1 Å². The maximum Gasteiger partial charge on any atom is 0.407 e. The predicted octanol–water partition coefficient (Wildman–Crippen LogP) is 3.80. The molecule has 0 spiro atoms. The Labute approximate surface area is 176 Å². The molecule has 2 N–H and O–H groups in total. The Morgan fingerprint density at radius 3 is 2.60 bits per heavy atom. The van der Waals surface area contributed by atoms with E-state index in [0.717, 1.165) is 10.9 Å². The van der Waals surface area contributed by atoms with Crippen molar-refractivity contribution in [2.75, 3.05) is 6.54 Å². The molecular weight excluding hydrogens is 382 g/mol. The number of carbonyl (C=O) groups is 2. The lowest BCUT2D eigenvalue weighted by molar-refractivity contribution is 0.0339. The van der Waals surface area contributed by atoms with Gasteiger partial charge in [0.25, 0.3) is 5.91 Å². The van der Waals surface area contributed by atoms with Gasteiger partial charge in [-0.2, -0.15) is 10.4 Å². The van der Waals surface area contributed by atoms with E-state index in [2.05, 4.69) is 16.5 Å². The Hall–Kier alpha value is -3.08. The van der Waals surface area contributed by atoms with E-state index in [1.807, 2.05) is 63.6 Å². The molecule has 0 bridgehead atoms. The minimum atomic E-state index is -1.08. The number of carboxylic acid groups (broad SMARTS) is 1. The van der Waals surface area contributed by atoms with Crippen LogP contribution in [0.3, 0.4) is 0 Å². The minimum absolute atomic E-state index is 0.0695. The molecule has 1 aliphatic rings. The highest BCUT2D eigenvalue weighted by Gasteiger charge is 2.55. The number of nitrogens with one attached hydrogen (secondary N) is 1. The quantitative estimate of drug-likeness (QED) is 0.795. The fourth-order valence-electron chi connectivity index (χ4n) is 4.51. The van der Waals surface area contributed by atoms with E-state index in [1.165, 1.54) is 4.90 Å². The molecule has 0 saturated carbocycles. The third-order valence-corrected chi connectivity index (χ3v) is 6.16. The largest absolute Gasteiger partial charge is 0.465 e. The standard InChI is InChI=1S/C22H29N5O3/c1-14(2)27-17-9-7-6-8-16(17)18(25-27)19(28)24-15-12-22(10-11-23,21(3,4)5)26(13-15)20(29)30/h6-9,14-15H,10,12-13H2,1-5H3,(H,24,28)(H,29,30)/t15-,22+/m0/s1. The summed E-state index contributed by atoms with van der Waals surface area (Å²) in [7, 11) is 0. The third-order valence-electron chi connectivity index (χ3n) is 6.16. The smallest absolute Gasteiger partial charge is 0.407 e. The molecule has 30 heavy (non-hydrogen) atoms. The van der Waals surface area contributed by atoms with E-state index in [9.17, 15) is 20.0 Å². The van der Waals surface area contributed by atoms with Crippen LogP contribution in [0, 0.1) is 16.7 Å². The highest BCUT2D eigenvalue weighted by molar-refractivity contribution is 6.05. The molecule has 1 fully saturated rings. The van der Waals surface area contributed by atoms with Crippen LogP contribution in [0.2, 0.25) is 0 Å². The first-order valence-electron chi connectivity index (χ1n) is 10.2. The van der Waals surface area contributed by atoms with Crippen LogP contribution in [-0.2, 0) is 0 Å². The zero-order valence-corrected chi connectivity index (χ0v) is 18.1. The van der Waals surface area contributed by atoms with Crippen LogP contribution >= 0.6 is 0 Å². The Morgan fingerprint density at radius 2 is 2.03 bits per heavy atom. The van der Waals surface area contributed by atoms with Crippen LogP contribution in [0.5, 0.6) is 0 Å². The molecule has 2 aromatic rings. The summed E-state index contributed by atoms with van der Waals surface area (Å²) in [5.41, 5.74) is -0.128. The number of nitriles is 1. The van der Waals surface area contributed by atoms with Crippen molar-refractivity contribution in [3.63, 3.8) is 0 Å². The Kier molecular flexibility index (Phi) is 5.50. The summed E-state index contributed by atoms with van der Waals surface area (Å²) in [6.07, 6.45) is -0.628. The maximum atomic E-state index is 13.1. The monoisotopic (exact) mass is 411 g/mol. The van der Waals surface area contributed by atoms with E-state index < -0.39 is 23.1 Å². The molecule has 0 aliphatic carbocycles. The number of rotatable bonds is 4. The van der Waals surface area contributed by atoms with Crippen LogP contribution in [0.4, 0.5) is 4.79 Å². The van der Waals surface area contributed by atoms with Gasteiger partial charge in [0.15, 0.2) is 5.69 Å². The second-order valence-corrected chi connectivity index (χ2v) is 9.29. The van der Waals surface area contributed by atoms with Crippen molar-refractivity contribution in [3.8, 4) is 6.07 Å². The summed E-state index contributed by atoms with van der Waals surface area (Å²) < 4.78 is 1.82. The number of nitrogens with zero attached hydrogens (tertiary/aromatic N) is 4. The molecule has 1 aliphatic heterocycles. The molecule has 1 aromatic heterocycles. The zero-order valence-electron chi connectivity index (χ0n) is 18.1. The molecule has 1 saturated heterocycles. The van der Waals surface area contributed by atoms with E-state index >= 15 is 0 Å². The van der Waals surface area contributed by atoms with E-state index in [0.29, 0.717) is 12.1 Å². The summed E-state index contributed by atoms with van der Waals surface area (Å²) in [5.74, 6) is -0.331. The molecule has 160 valence electrons. The summed E-state index contributed by atoms with van der Waals surface area (Å²) >= 11 is 0. The van der Waals surface area contributed by atoms with Gasteiger partial charge in [0, 0.05) is 24.0 Å². The first-order chi connectivity index (χ1) is 14.0. The van der Waals surface area contributed by atoms with Gasteiger partial charge in [0.1, 0.15) is 0 Å². The second-order valence-electron chi connectivity index (χ2n) is 9.29. The van der Waals surface area contributed by atoms with Crippen molar-refractivity contribution in [2.24, 2.45) is 5.41 Å². The van der Waals surface area contributed by atoms with Gasteiger partial charge in [-0.25, -0.2) is 4.79 Å². The van der Waals surface area contributed by atoms with Crippen LogP contribution in [0.15, 0.2) is 24.3 Å². The molecule has 2 amide bonds. The van der Waals surface area contributed by atoms with E-state index in [4.69, 9.17) is 0 Å². The van der Waals surface area contributed by atoms with Crippen molar-refractivity contribution in [1.82, 2.24) is 20.0 Å². The van der Waals surface area contributed by atoms with E-state index in [1.54, 1.807) is 0 Å². The van der Waals surface area contributed by atoms with Crippen LogP contribution < -0.4 is 5.32 Å². The third kappa shape index (κ3) is 3.49. The zero-order chi connectivity index (χ0) is 22.3. The van der Waals surface area contributed by atoms with Gasteiger partial charge in [0.2, 0.25) is 0 Å². The molecule has 0 radical (unpaired) electrons. The van der Waals surface area contributed by atoms with Crippen molar-refractivity contribution in [1.29, 1.82) is 5.26 Å². The number of likely N-dealkylation sites (tertiary alicyclic amines) is 1. The first kappa shape index (κ1) is 21.6. The Balaban J connectivity index is 1.92. The van der Waals surface area contributed by atoms with Gasteiger partial charge in [-0.15, -0.1) is 0 Å². The number of carbonyl (C=O) groups excluding carboxylic acids is 1. The summed E-state index contributed by atoms with van der Waals surface area (Å²) in [5, 5.41) is 27.5. The van der Waals surface area contributed by atoms with Crippen LogP contribution in [-0.4, -0.2) is 49.9 Å². The average molecular weight is 412 g/mol. The summed E-state index contributed by atoms with van der Waals surface area (Å²) in [6, 6.07) is 9.42. The Bertz CT molecular complexity index is 1010. The van der Waals surface area contributed by atoms with Crippen molar-refractivity contribution < 1.29 is 14.7 Å². The molecular formula is C22H29N5O3. The van der Waals surface area contributed by atoms with Gasteiger partial charge in [-0.1, -0.05) is 39.0 Å². The molecule has 8 nitrogen and oxygen atoms in total. The number of hydrogen-bond acceptors (Lipinski definition) is 4. The normalized spacial score (nSPS) is 21.8. The number of hydrogen-bond donors (Lipinski definition) is 2. The van der Waals surface area contributed by atoms with E-state index in [-0.39, 0.29) is 24.9 Å². The molecule has 2 heterocycles. The van der Waals surface area contributed by atoms with Gasteiger partial charge in [-0.05, 0) is 31.7 Å². The molecule has 3 rings (SSSR count). The highest BCUT2D eigenvalue weighted by Crippen LogP contribution is 2.46. The molecule has 1 aromatic carbocycles. The minimum Gasteiger partial charge on any atom is -0.465 e. The number of fused-ring (bicyclic) bond motifs is 1. The summed E-state index contributed by atoms with van der Waals surface area (Å²) in [6.45, 7) is 9.94. The van der Waals surface area contributed by atoms with Crippen LogP contribution in [0.1, 0.15) is 64.0 Å². The molecule has 8 heteroatoms. The van der Waals surface area contributed by atoms with Gasteiger partial charge >= 0.3 is 6.09 Å². The fourth-order valence-corrected chi connectivity index (χ4v) is 4.51. The second kappa shape index (κ2) is 7.63. The fraction of sp³-hybridized carbons (Fsp3) is 0.545. The maximum absolute atomic E-state index is 13.1. The SMILES string of the molecule is CC(C)n1nc(C(=O)N[C@@H]2CN(C(=O)O)[C@@](CC#N)(C(C)(C)C)C2)c2ccccc21. The number of aromatic nitrogens is 2.